The zero-order valence-electron chi connectivity index (χ0n) is 10.8. The van der Waals surface area contributed by atoms with Crippen LogP contribution in [-0.4, -0.2) is 23.9 Å². The molecule has 2 rings (SSSR count). The highest BCUT2D eigenvalue weighted by Gasteiger charge is 2.21. The normalized spacial score (nSPS) is 22.6. The Kier molecular flexibility index (Phi) is 5.17. The minimum atomic E-state index is -2.90. The molecular weight excluding hydrogens is 288 g/mol. The molecule has 3 nitrogen and oxygen atoms in total. The Morgan fingerprint density at radius 2 is 2.00 bits per heavy atom. The Hall–Kier alpha value is -1.36. The molecule has 0 spiro atoms. The van der Waals surface area contributed by atoms with Gasteiger partial charge in [-0.05, 0) is 43.9 Å². The van der Waals surface area contributed by atoms with E-state index in [1.807, 2.05) is 0 Å². The Labute approximate surface area is 121 Å². The standard InChI is InChI=1S/C14H16ClF2NO2/c15-10-4-6-11(7-5-10)18-13(19)9-2-1-3-12(8-9)20-14(16)17/h1-3,8,10-11,14H,4-7H2,(H,18,19). The quantitative estimate of drug-likeness (QED) is 0.864. The lowest BCUT2D eigenvalue weighted by Gasteiger charge is -2.25. The van der Waals surface area contributed by atoms with Crippen molar-refractivity contribution in [3.8, 4) is 5.75 Å². The first-order valence-electron chi connectivity index (χ1n) is 6.54. The van der Waals surface area contributed by atoms with Crippen molar-refractivity contribution in [3.63, 3.8) is 0 Å². The monoisotopic (exact) mass is 303 g/mol. The number of alkyl halides is 3. The van der Waals surface area contributed by atoms with Crippen molar-refractivity contribution in [1.82, 2.24) is 5.32 Å². The molecule has 0 aromatic heterocycles. The van der Waals surface area contributed by atoms with Crippen molar-refractivity contribution in [2.24, 2.45) is 0 Å². The lowest BCUT2D eigenvalue weighted by atomic mass is 9.95. The summed E-state index contributed by atoms with van der Waals surface area (Å²) in [6.07, 6.45) is 3.43. The number of rotatable bonds is 4. The molecule has 0 unspecified atom stereocenters. The summed E-state index contributed by atoms with van der Waals surface area (Å²) in [6.45, 7) is -2.90. The van der Waals surface area contributed by atoms with Gasteiger partial charge >= 0.3 is 6.61 Å². The molecule has 1 aliphatic rings. The maximum atomic E-state index is 12.1. The van der Waals surface area contributed by atoms with E-state index in [4.69, 9.17) is 11.6 Å². The van der Waals surface area contributed by atoms with Crippen molar-refractivity contribution in [3.05, 3.63) is 29.8 Å². The van der Waals surface area contributed by atoms with Crippen LogP contribution in [0, 0.1) is 0 Å². The summed E-state index contributed by atoms with van der Waals surface area (Å²) >= 11 is 6.00. The van der Waals surface area contributed by atoms with Crippen molar-refractivity contribution in [2.75, 3.05) is 0 Å². The number of carbonyl (C=O) groups is 1. The molecular formula is C14H16ClF2NO2. The first kappa shape index (κ1) is 15.0. The van der Waals surface area contributed by atoms with Gasteiger partial charge in [-0.15, -0.1) is 11.6 Å². The number of ether oxygens (including phenoxy) is 1. The van der Waals surface area contributed by atoms with E-state index in [2.05, 4.69) is 10.1 Å². The van der Waals surface area contributed by atoms with Crippen molar-refractivity contribution >= 4 is 17.5 Å². The second kappa shape index (κ2) is 6.88. The summed E-state index contributed by atoms with van der Waals surface area (Å²) in [7, 11) is 0. The van der Waals surface area contributed by atoms with Gasteiger partial charge in [0.05, 0.1) is 0 Å². The van der Waals surface area contributed by atoms with Gasteiger partial charge in [0.25, 0.3) is 5.91 Å². The van der Waals surface area contributed by atoms with Gasteiger partial charge in [-0.2, -0.15) is 8.78 Å². The van der Waals surface area contributed by atoms with E-state index in [0.29, 0.717) is 5.56 Å². The minimum Gasteiger partial charge on any atom is -0.435 e. The number of carbonyl (C=O) groups excluding carboxylic acids is 1. The number of hydrogen-bond acceptors (Lipinski definition) is 2. The summed E-state index contributed by atoms with van der Waals surface area (Å²) < 4.78 is 28.5. The van der Waals surface area contributed by atoms with Crippen LogP contribution in [0.4, 0.5) is 8.78 Å². The van der Waals surface area contributed by atoms with Gasteiger partial charge in [0.2, 0.25) is 0 Å². The SMILES string of the molecule is O=C(NC1CCC(Cl)CC1)c1cccc(OC(F)F)c1. The average molecular weight is 304 g/mol. The average Bonchev–Trinajstić information content (AvgIpc) is 2.41. The number of hydrogen-bond donors (Lipinski definition) is 1. The molecule has 1 fully saturated rings. The van der Waals surface area contributed by atoms with Gasteiger partial charge in [-0.3, -0.25) is 4.79 Å². The Bertz CT molecular complexity index is 462. The summed E-state index contributed by atoms with van der Waals surface area (Å²) in [5, 5.41) is 3.08. The molecule has 1 aromatic carbocycles. The largest absolute Gasteiger partial charge is 0.435 e. The third-order valence-electron chi connectivity index (χ3n) is 3.31. The van der Waals surface area contributed by atoms with E-state index in [1.165, 1.54) is 18.2 Å². The van der Waals surface area contributed by atoms with E-state index in [0.717, 1.165) is 25.7 Å². The third-order valence-corrected chi connectivity index (χ3v) is 3.75. The number of halogens is 3. The predicted octanol–water partition coefficient (Wildman–Crippen LogP) is 3.57. The fourth-order valence-electron chi connectivity index (χ4n) is 2.28. The van der Waals surface area contributed by atoms with Crippen molar-refractivity contribution in [2.45, 2.75) is 43.7 Å². The molecule has 110 valence electrons. The highest BCUT2D eigenvalue weighted by Crippen LogP contribution is 2.23. The van der Waals surface area contributed by atoms with Crippen LogP contribution in [0.15, 0.2) is 24.3 Å². The van der Waals surface area contributed by atoms with E-state index >= 15 is 0 Å². The van der Waals surface area contributed by atoms with Gasteiger partial charge in [-0.25, -0.2) is 0 Å². The topological polar surface area (TPSA) is 38.3 Å². The Morgan fingerprint density at radius 3 is 2.65 bits per heavy atom. The highest BCUT2D eigenvalue weighted by molar-refractivity contribution is 6.20. The van der Waals surface area contributed by atoms with Crippen LogP contribution >= 0.6 is 11.6 Å². The molecule has 0 atom stereocenters. The second-order valence-corrected chi connectivity index (χ2v) is 5.45. The number of benzene rings is 1. The Morgan fingerprint density at radius 1 is 1.30 bits per heavy atom. The summed E-state index contributed by atoms with van der Waals surface area (Å²) in [6, 6.07) is 5.89. The summed E-state index contributed by atoms with van der Waals surface area (Å²) in [4.78, 5) is 12.0. The van der Waals surface area contributed by atoms with Crippen LogP contribution in [0.5, 0.6) is 5.75 Å². The molecule has 1 aromatic rings. The molecule has 1 N–H and O–H groups in total. The molecule has 0 radical (unpaired) electrons. The van der Waals surface area contributed by atoms with Gasteiger partial charge in [-0.1, -0.05) is 6.07 Å². The fourth-order valence-corrected chi connectivity index (χ4v) is 2.53. The molecule has 6 heteroatoms. The number of nitrogens with one attached hydrogen (secondary N) is 1. The van der Waals surface area contributed by atoms with Crippen molar-refractivity contribution in [1.29, 1.82) is 0 Å². The van der Waals surface area contributed by atoms with E-state index < -0.39 is 6.61 Å². The molecule has 1 aliphatic carbocycles. The Balaban J connectivity index is 1.95. The molecule has 0 saturated heterocycles. The maximum Gasteiger partial charge on any atom is 0.387 e. The molecule has 20 heavy (non-hydrogen) atoms. The van der Waals surface area contributed by atoms with Crippen LogP contribution in [-0.2, 0) is 0 Å². The van der Waals surface area contributed by atoms with Crippen LogP contribution in [0.3, 0.4) is 0 Å². The third kappa shape index (κ3) is 4.34. The van der Waals surface area contributed by atoms with Gasteiger partial charge in [0.15, 0.2) is 0 Å². The summed E-state index contributed by atoms with van der Waals surface area (Å²) in [5.74, 6) is -0.292. The van der Waals surface area contributed by atoms with Gasteiger partial charge in [0, 0.05) is 17.0 Å². The van der Waals surface area contributed by atoms with Crippen LogP contribution in [0.25, 0.3) is 0 Å². The first-order valence-corrected chi connectivity index (χ1v) is 6.98. The summed E-state index contributed by atoms with van der Waals surface area (Å²) in [5.41, 5.74) is 0.316. The van der Waals surface area contributed by atoms with E-state index in [1.54, 1.807) is 6.07 Å². The number of amides is 1. The van der Waals surface area contributed by atoms with Gasteiger partial charge in [0.1, 0.15) is 5.75 Å². The molecule has 0 bridgehead atoms. The molecule has 0 heterocycles. The predicted molar refractivity (Wildman–Crippen MR) is 72.4 cm³/mol. The van der Waals surface area contributed by atoms with E-state index in [9.17, 15) is 13.6 Å². The second-order valence-electron chi connectivity index (χ2n) is 4.83. The minimum absolute atomic E-state index is 0.0166. The van der Waals surface area contributed by atoms with E-state index in [-0.39, 0.29) is 23.1 Å². The fraction of sp³-hybridized carbons (Fsp3) is 0.500. The first-order chi connectivity index (χ1) is 9.54. The molecule has 1 saturated carbocycles. The van der Waals surface area contributed by atoms with Crippen LogP contribution < -0.4 is 10.1 Å². The highest BCUT2D eigenvalue weighted by atomic mass is 35.5. The zero-order valence-corrected chi connectivity index (χ0v) is 11.6. The zero-order chi connectivity index (χ0) is 14.5. The van der Waals surface area contributed by atoms with Crippen molar-refractivity contribution < 1.29 is 18.3 Å². The maximum absolute atomic E-state index is 12.1. The smallest absolute Gasteiger partial charge is 0.387 e. The van der Waals surface area contributed by atoms with Crippen LogP contribution in [0.2, 0.25) is 0 Å². The van der Waals surface area contributed by atoms with Crippen LogP contribution in [0.1, 0.15) is 36.0 Å². The van der Waals surface area contributed by atoms with Gasteiger partial charge < -0.3 is 10.1 Å². The molecule has 0 aliphatic heterocycles. The molecule has 1 amide bonds. The lowest BCUT2D eigenvalue weighted by molar-refractivity contribution is -0.0498. The lowest BCUT2D eigenvalue weighted by Crippen LogP contribution is -2.37.